The number of sulfone groups is 1. The van der Waals surface area contributed by atoms with Gasteiger partial charge < -0.3 is 20.1 Å². The zero-order valence-electron chi connectivity index (χ0n) is 43.7. The van der Waals surface area contributed by atoms with E-state index in [9.17, 15) is 141 Å². The van der Waals surface area contributed by atoms with Crippen LogP contribution in [0.2, 0.25) is 0 Å². The number of ketones is 7. The lowest BCUT2D eigenvalue weighted by atomic mass is 10.1. The Bertz CT molecular complexity index is 4120. The molecule has 3 N–H and O–H groups in total. The van der Waals surface area contributed by atoms with Crippen LogP contribution in [0.25, 0.3) is 0 Å². The first-order chi connectivity index (χ1) is 41.4. The summed E-state index contributed by atoms with van der Waals surface area (Å²) in [5.74, 6) is -40.4. The molecule has 3 atom stereocenters. The number of hydrogen-bond acceptors (Lipinski definition) is 16. The number of aliphatic hydroxyl groups excluding tert-OH is 3. The van der Waals surface area contributed by atoms with Crippen LogP contribution >= 0.6 is 11.8 Å². The summed E-state index contributed by atoms with van der Waals surface area (Å²) in [6.07, 6.45) is -5.80. The summed E-state index contributed by atoms with van der Waals surface area (Å²) in [5.41, 5.74) is -9.31. The number of thioether (sulfide) groups is 1. The number of carbonyl (C=O) groups is 9. The largest absolute Gasteiger partial charge is 0.385 e. The molecule has 0 saturated heterocycles. The van der Waals surface area contributed by atoms with E-state index in [4.69, 9.17) is 5.11 Å². The van der Waals surface area contributed by atoms with Crippen LogP contribution in [0.3, 0.4) is 0 Å². The lowest BCUT2D eigenvalue weighted by Crippen LogP contribution is -2.30. The Morgan fingerprint density at radius 1 is 0.389 bits per heavy atom. The molecule has 6 aliphatic rings. The zero-order chi connectivity index (χ0) is 67.9. The number of alkyl halides is 8. The van der Waals surface area contributed by atoms with Gasteiger partial charge in [-0.1, -0.05) is 0 Å². The predicted molar refractivity (Wildman–Crippen MR) is 262 cm³/mol. The fourth-order valence-corrected chi connectivity index (χ4v) is 10.6. The van der Waals surface area contributed by atoms with Crippen LogP contribution in [0.5, 0.6) is 0 Å². The normalized spacial score (nSPS) is 19.5. The third-order valence-electron chi connectivity index (χ3n) is 13.3. The van der Waals surface area contributed by atoms with Gasteiger partial charge >= 0.3 is 35.6 Å². The molecule has 35 heteroatoms. The number of aliphatic hydroxyl groups is 3. The van der Waals surface area contributed by atoms with Crippen molar-refractivity contribution in [1.29, 1.82) is 0 Å². The molecule has 5 aliphatic carbocycles. The highest BCUT2D eigenvalue weighted by atomic mass is 32.2. The number of benzene rings is 6. The smallest absolute Gasteiger partial charge is 0.371 e. The van der Waals surface area contributed by atoms with Crippen molar-refractivity contribution in [2.24, 2.45) is 0 Å². The molecule has 0 saturated carbocycles. The molecule has 0 amide bonds. The minimum Gasteiger partial charge on any atom is -0.385 e. The molecule has 0 aromatic heterocycles. The van der Waals surface area contributed by atoms with E-state index < -0.39 is 241 Å². The molecular formula is C55H26F18O15S2. The lowest BCUT2D eigenvalue weighted by Gasteiger charge is -2.11. The maximum absolute atomic E-state index is 13.4. The van der Waals surface area contributed by atoms with Crippen molar-refractivity contribution >= 4 is 74.0 Å². The van der Waals surface area contributed by atoms with Gasteiger partial charge in [0.05, 0.1) is 44.7 Å². The maximum atomic E-state index is 13.4. The maximum Gasteiger partial charge on any atom is 0.371 e. The standard InChI is InChI=1S/C10H7F3O4S.C10H7F3O2S.C9H4F4O2.C9H2F4O2.C9H4F2O2.C8H2F2O3/c1-18(16,17)5-3-2-4(11)6-7(5)9(15)10(12,13)8(6)14;1-16-5-3-2-4(11)6-7(5)9(15)10(12,13)8(6)14;2*10-3-1-2-4(11)6-5(3)7(14)9(12,13)8(6)15;10-4-1-2-5(11)9-7(13)3-6(12)8(4)9;9-3-1-2-4(10)6-5(3)7(11)13-8(6)12/h2-3,8,14H,1H3;2-3,8,14H,1H3;1-2,7,14H;1-2H;1-2H,3H2;1-2H/t2*8-;7-;;;/m000.../s1. The molecule has 0 bridgehead atoms. The summed E-state index contributed by atoms with van der Waals surface area (Å²) in [6.45, 7) is 0. The van der Waals surface area contributed by atoms with Gasteiger partial charge in [-0.2, -0.15) is 35.1 Å². The van der Waals surface area contributed by atoms with Crippen molar-refractivity contribution in [3.8, 4) is 0 Å². The highest BCUT2D eigenvalue weighted by Crippen LogP contribution is 2.49. The minimum atomic E-state index is -4.36. The van der Waals surface area contributed by atoms with Crippen LogP contribution < -0.4 is 0 Å². The molecule has 90 heavy (non-hydrogen) atoms. The molecule has 0 unspecified atom stereocenters. The second kappa shape index (κ2) is 24.1. The number of halogens is 18. The van der Waals surface area contributed by atoms with Crippen LogP contribution in [0.1, 0.15) is 135 Å². The summed E-state index contributed by atoms with van der Waals surface area (Å²) in [4.78, 5) is 98.8. The first-order valence-electron chi connectivity index (χ1n) is 23.9. The average Bonchev–Trinajstić information content (AvgIpc) is 1.60. The fourth-order valence-electron chi connectivity index (χ4n) is 9.08. The Labute approximate surface area is 491 Å². The van der Waals surface area contributed by atoms with E-state index in [0.29, 0.717) is 36.6 Å². The molecule has 6 aromatic carbocycles. The summed E-state index contributed by atoms with van der Waals surface area (Å²) in [6, 6.07) is 9.06. The summed E-state index contributed by atoms with van der Waals surface area (Å²) < 4.78 is 262. The molecule has 0 spiro atoms. The van der Waals surface area contributed by atoms with Crippen molar-refractivity contribution in [3.63, 3.8) is 0 Å². The van der Waals surface area contributed by atoms with E-state index in [1.54, 1.807) is 6.26 Å². The average molecular weight is 1330 g/mol. The third kappa shape index (κ3) is 11.5. The lowest BCUT2D eigenvalue weighted by molar-refractivity contribution is -0.0717. The molecule has 6 aromatic rings. The van der Waals surface area contributed by atoms with Crippen LogP contribution in [0.4, 0.5) is 79.0 Å². The van der Waals surface area contributed by atoms with Crippen molar-refractivity contribution in [3.05, 3.63) is 198 Å². The van der Waals surface area contributed by atoms with Gasteiger partial charge in [0, 0.05) is 33.4 Å². The number of carbonyl (C=O) groups excluding carboxylic acids is 9. The number of Topliss-reactive ketones (excluding diaryl/α,β-unsaturated/α-hetero) is 7. The predicted octanol–water partition coefficient (Wildman–Crippen LogP) is 10.3. The van der Waals surface area contributed by atoms with Crippen LogP contribution in [0, 0.1) is 58.2 Å². The topological polar surface area (TPSA) is 258 Å². The Morgan fingerprint density at radius 2 is 0.667 bits per heavy atom. The van der Waals surface area contributed by atoms with Gasteiger partial charge in [0.15, 0.2) is 39.7 Å². The van der Waals surface area contributed by atoms with Gasteiger partial charge in [0.2, 0.25) is 28.9 Å². The number of rotatable bonds is 2. The quantitative estimate of drug-likeness (QED) is 0.0479. The number of ether oxygens (including phenoxy) is 1. The van der Waals surface area contributed by atoms with E-state index in [1.165, 1.54) is 6.07 Å². The van der Waals surface area contributed by atoms with Crippen molar-refractivity contribution in [2.45, 2.75) is 58.2 Å². The Hall–Kier alpha value is -8.93. The minimum absolute atomic E-state index is 0.248. The van der Waals surface area contributed by atoms with Gasteiger partial charge in [0.1, 0.15) is 69.3 Å². The molecule has 15 nitrogen and oxygen atoms in total. The van der Waals surface area contributed by atoms with E-state index >= 15 is 0 Å². The van der Waals surface area contributed by atoms with Crippen LogP contribution in [0.15, 0.2) is 82.6 Å². The van der Waals surface area contributed by atoms with Crippen molar-refractivity contribution < 1.29 is 151 Å². The van der Waals surface area contributed by atoms with E-state index in [1.807, 2.05) is 0 Å². The van der Waals surface area contributed by atoms with Crippen LogP contribution in [-0.4, -0.2) is 112 Å². The molecule has 1 aliphatic heterocycles. The van der Waals surface area contributed by atoms with E-state index in [-0.39, 0.29) is 4.90 Å². The molecule has 474 valence electrons. The van der Waals surface area contributed by atoms with E-state index in [0.717, 1.165) is 48.2 Å². The third-order valence-corrected chi connectivity index (χ3v) is 15.2. The SMILES string of the molecule is CS(=O)(=O)c1ccc(F)c2c1C(=O)C(F)(F)[C@H]2O.CSc1ccc(F)c2c1C(=O)C(F)(F)[C@H]2O.O=C1CC(=O)c2c(F)ccc(F)c21.O=C1OC(=O)c2c(F)ccc(F)c21.O=C1c2c(F)ccc(F)c2C(=O)C1(F)F.O=C1c2c(F)ccc(F)c2[C@H](O)C1(F)F. The van der Waals surface area contributed by atoms with Crippen molar-refractivity contribution in [1.82, 2.24) is 0 Å². The fraction of sp³-hybridized carbons (Fsp3) is 0.182. The Morgan fingerprint density at radius 3 is 1.02 bits per heavy atom. The summed E-state index contributed by atoms with van der Waals surface area (Å²) in [5, 5.41) is 27.5. The Balaban J connectivity index is 0.000000154. The number of esters is 2. The van der Waals surface area contributed by atoms with Crippen molar-refractivity contribution in [2.75, 3.05) is 12.5 Å². The van der Waals surface area contributed by atoms with Gasteiger partial charge in [-0.3, -0.25) is 33.6 Å². The monoisotopic (exact) mass is 1330 g/mol. The molecular weight excluding hydrogens is 1310 g/mol. The van der Waals surface area contributed by atoms with E-state index in [2.05, 4.69) is 4.74 Å². The highest BCUT2D eigenvalue weighted by molar-refractivity contribution is 7.98. The second-order valence-electron chi connectivity index (χ2n) is 18.8. The van der Waals surface area contributed by atoms with Gasteiger partial charge in [-0.15, -0.1) is 11.8 Å². The van der Waals surface area contributed by atoms with Gasteiger partial charge in [0.25, 0.3) is 0 Å². The van der Waals surface area contributed by atoms with Gasteiger partial charge in [-0.25, -0.2) is 61.9 Å². The Kier molecular flexibility index (Phi) is 18.4. The first kappa shape index (κ1) is 68.6. The number of fused-ring (bicyclic) bond motifs is 6. The molecule has 12 rings (SSSR count). The number of cyclic esters (lactones) is 2. The molecule has 1 heterocycles. The summed E-state index contributed by atoms with van der Waals surface area (Å²) in [7, 11) is -3.98. The molecule has 0 fully saturated rings. The molecule has 0 radical (unpaired) electrons. The van der Waals surface area contributed by atoms with Gasteiger partial charge in [-0.05, 0) is 79.1 Å². The summed E-state index contributed by atoms with van der Waals surface area (Å²) >= 11 is 1.06. The number of hydrogen-bond donors (Lipinski definition) is 3. The highest BCUT2D eigenvalue weighted by Gasteiger charge is 2.60. The van der Waals surface area contributed by atoms with Crippen LogP contribution in [-0.2, 0) is 14.6 Å². The first-order valence-corrected chi connectivity index (χ1v) is 27.0. The second-order valence-corrected chi connectivity index (χ2v) is 21.6. The zero-order valence-corrected chi connectivity index (χ0v) is 45.4.